The van der Waals surface area contributed by atoms with Gasteiger partial charge in [-0.25, -0.2) is 0 Å². The monoisotopic (exact) mass is 385 g/mol. The molecule has 10 nitrogen and oxygen atoms in total. The van der Waals surface area contributed by atoms with Crippen molar-refractivity contribution in [1.82, 2.24) is 19.6 Å². The lowest BCUT2D eigenvalue weighted by Gasteiger charge is -2.33. The zero-order valence-corrected chi connectivity index (χ0v) is 16.4. The molecule has 1 saturated heterocycles. The number of carbonyl (C=O) groups excluding carboxylic acids is 3. The molecule has 1 heterocycles. The smallest absolute Gasteiger partial charge is 0.231 e. The van der Waals surface area contributed by atoms with Gasteiger partial charge in [-0.2, -0.15) is 0 Å². The molecule has 0 aromatic carbocycles. The molecule has 10 heteroatoms. The minimum Gasteiger partial charge on any atom is -0.369 e. The first kappa shape index (κ1) is 23.3. The van der Waals surface area contributed by atoms with Crippen LogP contribution in [0.3, 0.4) is 0 Å². The number of nitrogens with zero attached hydrogens (tertiary/aromatic N) is 4. The predicted octanol–water partition coefficient (Wildman–Crippen LogP) is -2.93. The van der Waals surface area contributed by atoms with E-state index in [4.69, 9.17) is 17.2 Å². The van der Waals surface area contributed by atoms with Crippen LogP contribution in [0.4, 0.5) is 0 Å². The molecule has 0 bridgehead atoms. The molecule has 1 rings (SSSR count). The maximum absolute atomic E-state index is 11.4. The third-order valence-corrected chi connectivity index (χ3v) is 4.61. The van der Waals surface area contributed by atoms with E-state index in [0.29, 0.717) is 39.3 Å². The van der Waals surface area contributed by atoms with E-state index in [0.717, 1.165) is 26.1 Å². The first-order valence-electron chi connectivity index (χ1n) is 9.54. The molecule has 0 spiro atoms. The molecule has 0 aliphatic carbocycles. The van der Waals surface area contributed by atoms with Crippen LogP contribution in [0.15, 0.2) is 0 Å². The van der Waals surface area contributed by atoms with Crippen LogP contribution in [0.5, 0.6) is 0 Å². The van der Waals surface area contributed by atoms with Gasteiger partial charge in [0.25, 0.3) is 0 Å². The largest absolute Gasteiger partial charge is 0.369 e. The fraction of sp³-hybridized carbons (Fsp3) is 0.824. The van der Waals surface area contributed by atoms with E-state index >= 15 is 0 Å². The summed E-state index contributed by atoms with van der Waals surface area (Å²) in [6, 6.07) is 0. The number of amides is 3. The summed E-state index contributed by atoms with van der Waals surface area (Å²) in [5, 5.41) is 0. The Labute approximate surface area is 161 Å². The van der Waals surface area contributed by atoms with Crippen molar-refractivity contribution in [2.45, 2.75) is 13.3 Å². The van der Waals surface area contributed by atoms with Crippen molar-refractivity contribution in [2.24, 2.45) is 17.2 Å². The third-order valence-electron chi connectivity index (χ3n) is 4.61. The normalized spacial score (nSPS) is 19.9. The summed E-state index contributed by atoms with van der Waals surface area (Å²) in [5.74, 6) is -1.13. The average molecular weight is 386 g/mol. The van der Waals surface area contributed by atoms with Crippen LogP contribution in [-0.2, 0) is 14.4 Å². The lowest BCUT2D eigenvalue weighted by atomic mass is 10.3. The second kappa shape index (κ2) is 12.6. The lowest BCUT2D eigenvalue weighted by molar-refractivity contribution is -0.121. The first-order valence-corrected chi connectivity index (χ1v) is 9.54. The fourth-order valence-corrected chi connectivity index (χ4v) is 3.25. The summed E-state index contributed by atoms with van der Waals surface area (Å²) in [6.07, 6.45) is 1.03. The number of rotatable bonds is 8. The maximum Gasteiger partial charge on any atom is 0.231 e. The summed E-state index contributed by atoms with van der Waals surface area (Å²) < 4.78 is 0. The van der Waals surface area contributed by atoms with Crippen molar-refractivity contribution in [2.75, 3.05) is 78.5 Å². The van der Waals surface area contributed by atoms with Crippen LogP contribution in [0.2, 0.25) is 0 Å². The van der Waals surface area contributed by atoms with Gasteiger partial charge in [0.15, 0.2) is 0 Å². The predicted molar refractivity (Wildman–Crippen MR) is 104 cm³/mol. The molecular formula is C17H35N7O3. The minimum absolute atomic E-state index is 0.136. The van der Waals surface area contributed by atoms with Crippen LogP contribution in [0.25, 0.3) is 0 Å². The zero-order valence-electron chi connectivity index (χ0n) is 16.4. The zero-order chi connectivity index (χ0) is 20.2. The van der Waals surface area contributed by atoms with Crippen molar-refractivity contribution in [3.05, 3.63) is 0 Å². The van der Waals surface area contributed by atoms with Crippen molar-refractivity contribution < 1.29 is 14.4 Å². The summed E-state index contributed by atoms with van der Waals surface area (Å²) in [4.78, 5) is 42.4. The van der Waals surface area contributed by atoms with Gasteiger partial charge in [0.2, 0.25) is 17.7 Å². The maximum atomic E-state index is 11.4. The Balaban J connectivity index is 2.85. The molecule has 0 atom stereocenters. The highest BCUT2D eigenvalue weighted by atomic mass is 16.2. The molecule has 27 heavy (non-hydrogen) atoms. The summed E-state index contributed by atoms with van der Waals surface area (Å²) in [7, 11) is 0. The Hall–Kier alpha value is -1.75. The van der Waals surface area contributed by atoms with E-state index in [1.54, 1.807) is 0 Å². The Morgan fingerprint density at radius 2 is 0.852 bits per heavy atom. The Kier molecular flexibility index (Phi) is 10.9. The van der Waals surface area contributed by atoms with Crippen LogP contribution in [-0.4, -0.2) is 116 Å². The van der Waals surface area contributed by atoms with Crippen LogP contribution >= 0.6 is 0 Å². The van der Waals surface area contributed by atoms with Gasteiger partial charge in [-0.15, -0.1) is 0 Å². The van der Waals surface area contributed by atoms with Gasteiger partial charge in [0.1, 0.15) is 0 Å². The molecule has 1 fully saturated rings. The van der Waals surface area contributed by atoms with E-state index in [1.807, 2.05) is 14.7 Å². The standard InChI is InChI=1S/C17H35N7O3/c1-2-3-21-4-6-22(12-15(18)25)8-10-24(14-17(20)27)11-9-23(7-5-21)13-16(19)26/h2-14H2,1H3,(H2,18,25)(H2,19,26)(H2,20,27). The Bertz CT molecular complexity index is 457. The van der Waals surface area contributed by atoms with Gasteiger partial charge < -0.3 is 22.1 Å². The summed E-state index contributed by atoms with van der Waals surface area (Å²) in [6.45, 7) is 9.05. The fourth-order valence-electron chi connectivity index (χ4n) is 3.25. The van der Waals surface area contributed by atoms with E-state index in [1.165, 1.54) is 0 Å². The molecular weight excluding hydrogens is 350 g/mol. The second-order valence-electron chi connectivity index (χ2n) is 7.07. The van der Waals surface area contributed by atoms with E-state index in [2.05, 4.69) is 11.8 Å². The van der Waals surface area contributed by atoms with Crippen molar-refractivity contribution in [1.29, 1.82) is 0 Å². The number of hydrogen-bond acceptors (Lipinski definition) is 7. The topological polar surface area (TPSA) is 142 Å². The Morgan fingerprint density at radius 3 is 1.07 bits per heavy atom. The van der Waals surface area contributed by atoms with E-state index < -0.39 is 5.91 Å². The SMILES string of the molecule is CCCN1CCN(CC(N)=O)CCN(CC(N)=O)CCN(CC(N)=O)CC1. The highest BCUT2D eigenvalue weighted by Crippen LogP contribution is 2.01. The molecule has 0 aromatic heterocycles. The highest BCUT2D eigenvalue weighted by molar-refractivity contribution is 5.76. The van der Waals surface area contributed by atoms with Crippen molar-refractivity contribution in [3.63, 3.8) is 0 Å². The lowest BCUT2D eigenvalue weighted by Crippen LogP contribution is -2.49. The average Bonchev–Trinajstić information content (AvgIpc) is 2.56. The highest BCUT2D eigenvalue weighted by Gasteiger charge is 2.18. The summed E-state index contributed by atoms with van der Waals surface area (Å²) >= 11 is 0. The molecule has 0 saturated carbocycles. The molecule has 6 N–H and O–H groups in total. The molecule has 0 unspecified atom stereocenters. The van der Waals surface area contributed by atoms with Gasteiger partial charge in [-0.3, -0.25) is 29.1 Å². The number of carbonyl (C=O) groups is 3. The third kappa shape index (κ3) is 10.9. The van der Waals surface area contributed by atoms with E-state index in [9.17, 15) is 14.4 Å². The van der Waals surface area contributed by atoms with Crippen LogP contribution in [0.1, 0.15) is 13.3 Å². The van der Waals surface area contributed by atoms with E-state index in [-0.39, 0.29) is 31.4 Å². The van der Waals surface area contributed by atoms with Gasteiger partial charge in [-0.05, 0) is 13.0 Å². The van der Waals surface area contributed by atoms with Crippen molar-refractivity contribution >= 4 is 17.7 Å². The number of hydrogen-bond donors (Lipinski definition) is 3. The molecule has 0 radical (unpaired) electrons. The molecule has 156 valence electrons. The molecule has 0 aromatic rings. The molecule has 1 aliphatic rings. The molecule has 1 aliphatic heterocycles. The van der Waals surface area contributed by atoms with Crippen LogP contribution in [0, 0.1) is 0 Å². The van der Waals surface area contributed by atoms with Gasteiger partial charge in [0, 0.05) is 52.4 Å². The number of primary amides is 3. The van der Waals surface area contributed by atoms with Gasteiger partial charge >= 0.3 is 0 Å². The van der Waals surface area contributed by atoms with Gasteiger partial charge in [-0.1, -0.05) is 6.92 Å². The quantitative estimate of drug-likeness (QED) is 0.406. The van der Waals surface area contributed by atoms with Crippen LogP contribution < -0.4 is 17.2 Å². The van der Waals surface area contributed by atoms with Crippen molar-refractivity contribution in [3.8, 4) is 0 Å². The first-order chi connectivity index (χ1) is 12.8. The van der Waals surface area contributed by atoms with Gasteiger partial charge in [0.05, 0.1) is 19.6 Å². The molecule has 3 amide bonds. The summed E-state index contributed by atoms with van der Waals surface area (Å²) in [5.41, 5.74) is 16.1. The minimum atomic E-state index is -0.404. The Morgan fingerprint density at radius 1 is 0.593 bits per heavy atom. The second-order valence-corrected chi connectivity index (χ2v) is 7.07. The number of nitrogens with two attached hydrogens (primary N) is 3.